The average molecular weight is 655 g/mol. The first-order valence-corrected chi connectivity index (χ1v) is 18.1. The van der Waals surface area contributed by atoms with E-state index >= 15 is 0 Å². The van der Waals surface area contributed by atoms with Crippen LogP contribution in [0.4, 0.5) is 16.2 Å². The maximum atomic E-state index is 14.1. The van der Waals surface area contributed by atoms with Gasteiger partial charge in [0.1, 0.15) is 0 Å². The minimum Gasteiger partial charge on any atom is -0.397 e. The summed E-state index contributed by atoms with van der Waals surface area (Å²) in [6, 6.07) is 4.48. The third-order valence-corrected chi connectivity index (χ3v) is 11.5. The molecule has 3 N–H and O–H groups in total. The van der Waals surface area contributed by atoms with Gasteiger partial charge < -0.3 is 30.7 Å². The molecular weight excluding hydrogens is 608 g/mol. The fourth-order valence-corrected chi connectivity index (χ4v) is 8.77. The number of fused-ring (bicyclic) bond motifs is 1. The number of amides is 4. The Hall–Kier alpha value is -2.82. The Morgan fingerprint density at radius 3 is 2.38 bits per heavy atom. The Bertz CT molecular complexity index is 1380. The van der Waals surface area contributed by atoms with Gasteiger partial charge in [-0.25, -0.2) is 4.79 Å². The van der Waals surface area contributed by atoms with E-state index in [0.29, 0.717) is 42.8 Å². The zero-order valence-electron chi connectivity index (χ0n) is 26.4. The highest BCUT2D eigenvalue weighted by Gasteiger charge is 2.36. The maximum Gasteiger partial charge on any atom is 0.322 e. The van der Waals surface area contributed by atoms with E-state index in [4.69, 9.17) is 17.3 Å². The lowest BCUT2D eigenvalue weighted by Crippen LogP contribution is -2.52. The predicted octanol–water partition coefficient (Wildman–Crippen LogP) is 5.61. The molecule has 1 aromatic carbocycles. The van der Waals surface area contributed by atoms with Gasteiger partial charge >= 0.3 is 6.03 Å². The lowest BCUT2D eigenvalue weighted by molar-refractivity contribution is -0.143. The average Bonchev–Trinajstić information content (AvgIpc) is 3.53. The molecule has 0 radical (unpaired) electrons. The molecule has 4 amide bonds. The molecule has 2 aromatic rings. The van der Waals surface area contributed by atoms with Crippen LogP contribution in [-0.2, 0) is 29.0 Å². The second-order valence-electron chi connectivity index (χ2n) is 13.2. The van der Waals surface area contributed by atoms with Gasteiger partial charge in [-0.3, -0.25) is 9.59 Å². The van der Waals surface area contributed by atoms with Crippen LogP contribution in [0, 0.1) is 5.92 Å². The number of thiophene rings is 1. The number of carbonyl (C=O) groups excluding carboxylic acids is 3. The number of benzene rings is 1. The van der Waals surface area contributed by atoms with Gasteiger partial charge in [0, 0.05) is 55.6 Å². The van der Waals surface area contributed by atoms with Crippen molar-refractivity contribution in [1.29, 1.82) is 0 Å². The Balaban J connectivity index is 1.10. The van der Waals surface area contributed by atoms with E-state index in [0.717, 1.165) is 67.6 Å². The van der Waals surface area contributed by atoms with Crippen molar-refractivity contribution in [3.05, 3.63) is 44.6 Å². The number of hydrogen-bond acceptors (Lipinski definition) is 6. The highest BCUT2D eigenvalue weighted by atomic mass is 35.5. The number of nitrogens with two attached hydrogens (primary N) is 1. The number of urea groups is 1. The Labute approximate surface area is 276 Å². The summed E-state index contributed by atoms with van der Waals surface area (Å²) in [5.41, 5.74) is 10.8. The Morgan fingerprint density at radius 2 is 1.67 bits per heavy atom. The molecule has 3 saturated heterocycles. The van der Waals surface area contributed by atoms with E-state index in [1.165, 1.54) is 32.4 Å². The van der Waals surface area contributed by atoms with Gasteiger partial charge in [-0.2, -0.15) is 0 Å². The minimum absolute atomic E-state index is 0.00970. The number of hydrogen-bond donors (Lipinski definition) is 2. The third kappa shape index (κ3) is 7.28. The van der Waals surface area contributed by atoms with Gasteiger partial charge in [0.25, 0.3) is 0 Å². The minimum atomic E-state index is -0.462. The number of nitrogens with one attached hydrogen (secondary N) is 1. The van der Waals surface area contributed by atoms with Crippen LogP contribution in [0.5, 0.6) is 0 Å². The molecule has 0 aliphatic carbocycles. The van der Waals surface area contributed by atoms with Crippen molar-refractivity contribution >= 4 is 52.2 Å². The summed E-state index contributed by atoms with van der Waals surface area (Å²) in [4.78, 5) is 49.1. The normalized spacial score (nSPS) is 21.0. The summed E-state index contributed by atoms with van der Waals surface area (Å²) in [6.07, 6.45) is 8.67. The summed E-state index contributed by atoms with van der Waals surface area (Å²) in [7, 11) is 0. The molecule has 3 fully saturated rings. The number of rotatable bonds is 8. The molecule has 0 bridgehead atoms. The van der Waals surface area contributed by atoms with E-state index in [2.05, 4.69) is 15.6 Å². The van der Waals surface area contributed by atoms with Crippen molar-refractivity contribution in [1.82, 2.24) is 19.6 Å². The molecule has 0 saturated carbocycles. The lowest BCUT2D eigenvalue weighted by Gasteiger charge is -2.41. The fraction of sp³-hybridized carbons (Fsp3) is 0.618. The molecule has 5 heterocycles. The molecule has 11 heteroatoms. The molecule has 0 unspecified atom stereocenters. The van der Waals surface area contributed by atoms with Crippen molar-refractivity contribution in [2.45, 2.75) is 89.8 Å². The number of aryl methyl sites for hydroxylation is 1. The van der Waals surface area contributed by atoms with E-state index < -0.39 is 5.92 Å². The summed E-state index contributed by atoms with van der Waals surface area (Å²) in [5, 5.41) is 7.57. The number of anilines is 2. The van der Waals surface area contributed by atoms with Gasteiger partial charge in [-0.1, -0.05) is 31.0 Å². The number of halogens is 1. The second kappa shape index (κ2) is 14.3. The number of carbonyl (C=O) groups is 3. The number of nitrogen functional groups attached to an aromatic ring is 1. The van der Waals surface area contributed by atoms with Crippen molar-refractivity contribution < 1.29 is 14.4 Å². The molecule has 45 heavy (non-hydrogen) atoms. The van der Waals surface area contributed by atoms with Crippen LogP contribution in [0.15, 0.2) is 22.9 Å². The summed E-state index contributed by atoms with van der Waals surface area (Å²) in [5.74, 6) is -0.385. The molecule has 1 aromatic heterocycles. The van der Waals surface area contributed by atoms with Gasteiger partial charge in [0.2, 0.25) is 11.8 Å². The Kier molecular flexibility index (Phi) is 10.2. The van der Waals surface area contributed by atoms with Gasteiger partial charge in [-0.15, -0.1) is 11.3 Å². The molecule has 1 atom stereocenters. The largest absolute Gasteiger partial charge is 0.397 e. The fourth-order valence-electron chi connectivity index (χ4n) is 7.73. The van der Waals surface area contributed by atoms with Crippen LogP contribution in [0.2, 0.25) is 5.02 Å². The van der Waals surface area contributed by atoms with Crippen LogP contribution in [0.25, 0.3) is 0 Å². The van der Waals surface area contributed by atoms with E-state index in [1.54, 1.807) is 11.3 Å². The maximum absolute atomic E-state index is 14.1. The van der Waals surface area contributed by atoms with Crippen molar-refractivity contribution in [3.63, 3.8) is 0 Å². The number of piperidine rings is 3. The van der Waals surface area contributed by atoms with Crippen LogP contribution < -0.4 is 11.1 Å². The van der Waals surface area contributed by atoms with E-state index in [9.17, 15) is 14.4 Å². The Morgan fingerprint density at radius 1 is 0.978 bits per heavy atom. The molecule has 4 aliphatic heterocycles. The lowest BCUT2D eigenvalue weighted by atomic mass is 9.90. The molecule has 0 spiro atoms. The van der Waals surface area contributed by atoms with Crippen molar-refractivity contribution in [3.8, 4) is 0 Å². The molecule has 4 aliphatic rings. The second-order valence-corrected chi connectivity index (χ2v) is 14.4. The predicted molar refractivity (Wildman–Crippen MR) is 181 cm³/mol. The van der Waals surface area contributed by atoms with Gasteiger partial charge in [0.05, 0.1) is 28.9 Å². The standard InChI is InChI=1S/C34H47ClN6O3S/c1-2-24-16-23(18-29(35)32(24)36)17-25(33(43)40-14-6-27(7-15-40)38-10-4-3-5-11-38)19-31(42)39-12-8-28(9-13-39)41-20-26-21-45-22-30(26)37-34(41)44/h16,18,21-22,25,27-28H,2-15,17,19-20,36H2,1H3,(H,37,44)/t25-/m0/s1. The smallest absolute Gasteiger partial charge is 0.322 e. The monoisotopic (exact) mass is 654 g/mol. The highest BCUT2D eigenvalue weighted by Crippen LogP contribution is 2.32. The van der Waals surface area contributed by atoms with Crippen LogP contribution >= 0.6 is 22.9 Å². The molecule has 9 nitrogen and oxygen atoms in total. The first kappa shape index (κ1) is 32.1. The molecular formula is C34H47ClN6O3S. The molecule has 244 valence electrons. The summed E-state index contributed by atoms with van der Waals surface area (Å²) < 4.78 is 0. The van der Waals surface area contributed by atoms with Gasteiger partial charge in [-0.05, 0) is 87.0 Å². The zero-order valence-corrected chi connectivity index (χ0v) is 28.0. The number of nitrogens with zero attached hydrogens (tertiary/aromatic N) is 4. The summed E-state index contributed by atoms with van der Waals surface area (Å²) >= 11 is 8.10. The quantitative estimate of drug-likeness (QED) is 0.361. The SMILES string of the molecule is CCc1cc(C[C@@H](CC(=O)N2CCC(N3Cc4cscc4NC3=O)CC2)C(=O)N2CCC(N3CCCCC3)CC2)cc(Cl)c1N. The van der Waals surface area contributed by atoms with Crippen LogP contribution in [0.3, 0.4) is 0 Å². The highest BCUT2D eigenvalue weighted by molar-refractivity contribution is 7.08. The first-order chi connectivity index (χ1) is 21.8. The zero-order chi connectivity index (χ0) is 31.5. The first-order valence-electron chi connectivity index (χ1n) is 16.8. The van der Waals surface area contributed by atoms with Crippen molar-refractivity contribution in [2.75, 3.05) is 50.3 Å². The van der Waals surface area contributed by atoms with Gasteiger partial charge in [0.15, 0.2) is 0 Å². The van der Waals surface area contributed by atoms with E-state index in [-0.39, 0.29) is 30.3 Å². The number of likely N-dealkylation sites (tertiary alicyclic amines) is 3. The topological polar surface area (TPSA) is 102 Å². The summed E-state index contributed by atoms with van der Waals surface area (Å²) in [6.45, 7) is 7.63. The molecule has 6 rings (SSSR count). The van der Waals surface area contributed by atoms with Crippen molar-refractivity contribution in [2.24, 2.45) is 5.92 Å². The third-order valence-electron chi connectivity index (χ3n) is 10.4. The van der Waals surface area contributed by atoms with Crippen LogP contribution in [-0.4, -0.2) is 88.8 Å². The van der Waals surface area contributed by atoms with Crippen LogP contribution in [0.1, 0.15) is 75.0 Å². The van der Waals surface area contributed by atoms with E-state index in [1.807, 2.05) is 39.1 Å².